The molecule has 1 fully saturated rings. The van der Waals surface area contributed by atoms with Crippen molar-refractivity contribution in [2.75, 3.05) is 13.3 Å². The quantitative estimate of drug-likeness (QED) is 0.169. The summed E-state index contributed by atoms with van der Waals surface area (Å²) in [5, 5.41) is 0. The molecule has 1 rings (SSSR count). The minimum absolute atomic E-state index is 0.488. The van der Waals surface area contributed by atoms with E-state index in [1.165, 1.54) is 70.6 Å². The molecular weight excluding hydrogens is 379 g/mol. The van der Waals surface area contributed by atoms with Gasteiger partial charge >= 0.3 is 142 Å². The Kier molecular flexibility index (Phi) is 15.7. The molecule has 1 heteroatoms. The van der Waals surface area contributed by atoms with E-state index in [4.69, 9.17) is 0 Å². The molecule has 1 aliphatic heterocycles. The molecule has 1 aliphatic rings. The Labute approximate surface area is 149 Å². The van der Waals surface area contributed by atoms with E-state index in [0.29, 0.717) is 0 Å². The van der Waals surface area contributed by atoms with Gasteiger partial charge in [0, 0.05) is 0 Å². The molecule has 22 heavy (non-hydrogen) atoms. The third-order valence-electron chi connectivity index (χ3n) is 5.06. The average Bonchev–Trinajstić information content (AvgIpc) is 2.66. The van der Waals surface area contributed by atoms with Crippen LogP contribution < -0.4 is 0 Å². The number of rotatable bonds is 12. The van der Waals surface area contributed by atoms with Crippen molar-refractivity contribution in [3.63, 3.8) is 0 Å². The van der Waals surface area contributed by atoms with Gasteiger partial charge in [-0.15, -0.1) is 0 Å². The molecule has 0 aromatic rings. The van der Waals surface area contributed by atoms with Crippen molar-refractivity contribution in [3.05, 3.63) is 0 Å². The maximum absolute atomic E-state index is 2.31. The van der Waals surface area contributed by atoms with E-state index in [2.05, 4.69) is 6.92 Å². The van der Waals surface area contributed by atoms with E-state index in [0.717, 1.165) is 0 Å². The molecule has 0 aliphatic carbocycles. The Morgan fingerprint density at radius 1 is 0.500 bits per heavy atom. The average molecular weight is 422 g/mol. The zero-order chi connectivity index (χ0) is 15.7. The van der Waals surface area contributed by atoms with Crippen molar-refractivity contribution in [1.29, 1.82) is 0 Å². The summed E-state index contributed by atoms with van der Waals surface area (Å²) in [6.07, 6.45) is 25.8. The van der Waals surface area contributed by atoms with Crippen LogP contribution in [0.2, 0.25) is 0 Å². The topological polar surface area (TPSA) is 0 Å². The van der Waals surface area contributed by atoms with Crippen molar-refractivity contribution in [1.82, 2.24) is 0 Å². The van der Waals surface area contributed by atoms with Crippen molar-refractivity contribution in [2.45, 2.75) is 116 Å². The van der Waals surface area contributed by atoms with Gasteiger partial charge in [-0.05, 0) is 0 Å². The molecule has 0 aromatic carbocycles. The van der Waals surface area contributed by atoms with Crippen LogP contribution in [0.5, 0.6) is 0 Å². The third kappa shape index (κ3) is 13.2. The number of alkyl halides is 3. The summed E-state index contributed by atoms with van der Waals surface area (Å²) >= 11 is -0.488. The minimum atomic E-state index is -0.488. The van der Waals surface area contributed by atoms with Crippen molar-refractivity contribution >= 4 is 19.8 Å². The molecule has 0 unspecified atom stereocenters. The van der Waals surface area contributed by atoms with Gasteiger partial charge in [0.1, 0.15) is 0 Å². The number of hydrogen-bond acceptors (Lipinski definition) is 0. The Bertz CT molecular complexity index is 204. The van der Waals surface area contributed by atoms with Gasteiger partial charge < -0.3 is 0 Å². The van der Waals surface area contributed by atoms with E-state index in [-0.39, 0.29) is 0 Å². The van der Waals surface area contributed by atoms with Gasteiger partial charge in [0.15, 0.2) is 0 Å². The second-order valence-electron chi connectivity index (χ2n) is 7.29. The summed E-state index contributed by atoms with van der Waals surface area (Å²) in [5.41, 5.74) is 0. The van der Waals surface area contributed by atoms with E-state index in [1.807, 2.05) is 0 Å². The molecule has 0 amide bonds. The van der Waals surface area contributed by atoms with Crippen molar-refractivity contribution in [2.24, 2.45) is 0 Å². The van der Waals surface area contributed by atoms with Crippen molar-refractivity contribution < 1.29 is 0 Å². The Morgan fingerprint density at radius 2 is 0.909 bits per heavy atom. The standard InChI is InChI=1S/C21H43I/c1-2-3-4-5-6-7-8-9-10-13-16-19-22-20-17-14-11-12-15-18-21-22/h2-21H2,1H3. The summed E-state index contributed by atoms with van der Waals surface area (Å²) in [6.45, 7) is 2.31. The summed E-state index contributed by atoms with van der Waals surface area (Å²) in [6, 6.07) is 0. The van der Waals surface area contributed by atoms with Crippen LogP contribution in [-0.4, -0.2) is 13.3 Å². The van der Waals surface area contributed by atoms with Crippen molar-refractivity contribution in [3.8, 4) is 0 Å². The van der Waals surface area contributed by atoms with Crippen LogP contribution in [-0.2, 0) is 0 Å². The first kappa shape index (κ1) is 20.8. The van der Waals surface area contributed by atoms with Gasteiger partial charge in [-0.3, -0.25) is 0 Å². The van der Waals surface area contributed by atoms with Crippen LogP contribution in [0.25, 0.3) is 0 Å². The first-order valence-electron chi connectivity index (χ1n) is 10.5. The zero-order valence-electron chi connectivity index (χ0n) is 15.5. The zero-order valence-corrected chi connectivity index (χ0v) is 17.7. The first-order chi connectivity index (χ1) is 10.9. The normalized spacial score (nSPS) is 18.7. The molecule has 0 N–H and O–H groups in total. The molecule has 0 bridgehead atoms. The Morgan fingerprint density at radius 3 is 1.41 bits per heavy atom. The van der Waals surface area contributed by atoms with E-state index >= 15 is 0 Å². The first-order valence-corrected chi connectivity index (χ1v) is 15.1. The molecule has 134 valence electrons. The monoisotopic (exact) mass is 422 g/mol. The van der Waals surface area contributed by atoms with E-state index in [1.54, 1.807) is 51.8 Å². The predicted molar refractivity (Wildman–Crippen MR) is 113 cm³/mol. The van der Waals surface area contributed by atoms with E-state index in [9.17, 15) is 0 Å². The molecule has 0 atom stereocenters. The fourth-order valence-corrected chi connectivity index (χ4v) is 9.98. The summed E-state index contributed by atoms with van der Waals surface area (Å²) in [5.74, 6) is 0. The molecule has 1 heterocycles. The molecule has 0 aromatic heterocycles. The van der Waals surface area contributed by atoms with Gasteiger partial charge in [-0.1, -0.05) is 6.92 Å². The second-order valence-corrected chi connectivity index (χ2v) is 13.8. The molecule has 0 nitrogen and oxygen atoms in total. The summed E-state index contributed by atoms with van der Waals surface area (Å²) in [7, 11) is 0. The van der Waals surface area contributed by atoms with Gasteiger partial charge in [0.25, 0.3) is 0 Å². The molecule has 0 saturated carbocycles. The second kappa shape index (κ2) is 16.6. The summed E-state index contributed by atoms with van der Waals surface area (Å²) in [4.78, 5) is 0. The third-order valence-corrected chi connectivity index (χ3v) is 11.9. The molecule has 0 spiro atoms. The molecule has 1 saturated heterocycles. The Balaban J connectivity index is 1.83. The fraction of sp³-hybridized carbons (Fsp3) is 1.00. The van der Waals surface area contributed by atoms with Crippen LogP contribution in [0.4, 0.5) is 0 Å². The van der Waals surface area contributed by atoms with Crippen LogP contribution in [0.3, 0.4) is 0 Å². The van der Waals surface area contributed by atoms with Crippen LogP contribution >= 0.6 is 19.8 Å². The predicted octanol–water partition coefficient (Wildman–Crippen LogP) is 8.16. The fourth-order valence-electron chi connectivity index (χ4n) is 3.51. The van der Waals surface area contributed by atoms with Gasteiger partial charge in [0.05, 0.1) is 0 Å². The summed E-state index contributed by atoms with van der Waals surface area (Å²) < 4.78 is 5.09. The van der Waals surface area contributed by atoms with Crippen LogP contribution in [0.15, 0.2) is 0 Å². The van der Waals surface area contributed by atoms with Crippen LogP contribution in [0.1, 0.15) is 116 Å². The number of unbranched alkanes of at least 4 members (excludes halogenated alkanes) is 10. The Hall–Kier alpha value is 0.730. The van der Waals surface area contributed by atoms with Gasteiger partial charge in [0.2, 0.25) is 0 Å². The van der Waals surface area contributed by atoms with E-state index < -0.39 is 19.8 Å². The molecule has 0 radical (unpaired) electrons. The number of hydrogen-bond donors (Lipinski definition) is 0. The van der Waals surface area contributed by atoms with Gasteiger partial charge in [-0.25, -0.2) is 0 Å². The van der Waals surface area contributed by atoms with Crippen LogP contribution in [0, 0.1) is 0 Å². The number of halogens is 1. The maximum atomic E-state index is 2.31. The van der Waals surface area contributed by atoms with Gasteiger partial charge in [-0.2, -0.15) is 0 Å². The SMILES string of the molecule is CCCCCCCCCCCCCI1CCCCCCCC1. The molecular formula is C21H43I.